The fourth-order valence-corrected chi connectivity index (χ4v) is 2.90. The second-order valence-electron chi connectivity index (χ2n) is 5.63. The molecule has 0 aliphatic rings. The van der Waals surface area contributed by atoms with Gasteiger partial charge in [-0.05, 0) is 17.5 Å². The fourth-order valence-electron chi connectivity index (χ4n) is 1.86. The molecule has 0 saturated heterocycles. The number of nitrogens with two attached hydrogens (primary N) is 1. The highest BCUT2D eigenvalue weighted by Gasteiger charge is 2.25. The predicted molar refractivity (Wildman–Crippen MR) is 80.8 cm³/mol. The number of thioether (sulfide) groups is 1. The van der Waals surface area contributed by atoms with Crippen LogP contribution in [0.1, 0.15) is 20.8 Å². The molecule has 2 rings (SSSR count). The summed E-state index contributed by atoms with van der Waals surface area (Å²) in [6.07, 6.45) is 0. The summed E-state index contributed by atoms with van der Waals surface area (Å²) in [4.78, 5) is 7.91. The molecule has 1 atom stereocenters. The van der Waals surface area contributed by atoms with Crippen LogP contribution in [-0.4, -0.2) is 28.9 Å². The van der Waals surface area contributed by atoms with Crippen LogP contribution in [0.4, 0.5) is 0 Å². The second kappa shape index (κ2) is 5.43. The van der Waals surface area contributed by atoms with Crippen LogP contribution in [0.3, 0.4) is 0 Å². The van der Waals surface area contributed by atoms with Gasteiger partial charge in [-0.15, -0.1) is 0 Å². The summed E-state index contributed by atoms with van der Waals surface area (Å²) in [5, 5.41) is 1.24. The van der Waals surface area contributed by atoms with Crippen LogP contribution in [0.25, 0.3) is 11.0 Å². The third-order valence-corrected chi connectivity index (χ3v) is 4.70. The molecule has 4 nitrogen and oxygen atoms in total. The van der Waals surface area contributed by atoms with Crippen molar-refractivity contribution < 1.29 is 4.74 Å². The molecule has 0 bridgehead atoms. The Morgan fingerprint density at radius 2 is 2.16 bits per heavy atom. The number of methoxy groups -OCH3 is 1. The van der Waals surface area contributed by atoms with Crippen molar-refractivity contribution >= 4 is 22.8 Å². The van der Waals surface area contributed by atoms with Gasteiger partial charge in [0.2, 0.25) is 0 Å². The Labute approximate surface area is 118 Å². The molecular weight excluding hydrogens is 258 g/mol. The number of nitrogens with zero attached hydrogens (tertiary/aromatic N) is 1. The van der Waals surface area contributed by atoms with Crippen molar-refractivity contribution in [3.8, 4) is 5.75 Å². The summed E-state index contributed by atoms with van der Waals surface area (Å²) in [5.41, 5.74) is 7.96. The molecule has 0 spiro atoms. The maximum Gasteiger partial charge on any atom is 0.166 e. The topological polar surface area (TPSA) is 63.9 Å². The first-order valence-electron chi connectivity index (χ1n) is 6.34. The second-order valence-corrected chi connectivity index (χ2v) is 6.82. The Balaban J connectivity index is 2.26. The number of benzene rings is 1. The molecule has 2 aromatic rings. The Morgan fingerprint density at radius 3 is 2.74 bits per heavy atom. The van der Waals surface area contributed by atoms with Crippen LogP contribution in [0.2, 0.25) is 0 Å². The van der Waals surface area contributed by atoms with Gasteiger partial charge in [-0.2, -0.15) is 0 Å². The lowest BCUT2D eigenvalue weighted by Crippen LogP contribution is -2.30. The normalized spacial score (nSPS) is 13.7. The van der Waals surface area contributed by atoms with Gasteiger partial charge in [0.05, 0.1) is 18.1 Å². The van der Waals surface area contributed by atoms with E-state index in [1.54, 1.807) is 18.9 Å². The molecule has 1 aromatic heterocycles. The number of aromatic amines is 1. The average molecular weight is 279 g/mol. The van der Waals surface area contributed by atoms with Crippen LogP contribution in [0, 0.1) is 5.41 Å². The van der Waals surface area contributed by atoms with Gasteiger partial charge in [0.15, 0.2) is 5.16 Å². The van der Waals surface area contributed by atoms with Gasteiger partial charge in [0, 0.05) is 17.9 Å². The van der Waals surface area contributed by atoms with Crippen molar-refractivity contribution in [2.75, 3.05) is 13.7 Å². The molecule has 1 aromatic carbocycles. The van der Waals surface area contributed by atoms with E-state index in [1.807, 2.05) is 18.2 Å². The molecule has 0 amide bonds. The van der Waals surface area contributed by atoms with E-state index in [0.717, 1.165) is 21.9 Å². The number of hydrogen-bond acceptors (Lipinski definition) is 4. The molecule has 3 N–H and O–H groups in total. The van der Waals surface area contributed by atoms with Crippen LogP contribution < -0.4 is 10.5 Å². The van der Waals surface area contributed by atoms with Crippen molar-refractivity contribution in [3.63, 3.8) is 0 Å². The molecule has 0 saturated carbocycles. The third-order valence-electron chi connectivity index (χ3n) is 3.10. The minimum Gasteiger partial charge on any atom is -0.497 e. The molecule has 1 heterocycles. The zero-order chi connectivity index (χ0) is 14.0. The number of nitrogens with one attached hydrogen (secondary N) is 1. The highest BCUT2D eigenvalue weighted by Crippen LogP contribution is 2.34. The first kappa shape index (κ1) is 14.2. The van der Waals surface area contributed by atoms with Gasteiger partial charge >= 0.3 is 0 Å². The van der Waals surface area contributed by atoms with E-state index in [1.165, 1.54) is 0 Å². The van der Waals surface area contributed by atoms with Crippen LogP contribution in [-0.2, 0) is 0 Å². The minimum atomic E-state index is 0.149. The maximum absolute atomic E-state index is 5.86. The predicted octanol–water partition coefficient (Wildman–Crippen LogP) is 3.04. The van der Waals surface area contributed by atoms with Crippen LogP contribution >= 0.6 is 11.8 Å². The minimum absolute atomic E-state index is 0.149. The van der Waals surface area contributed by atoms with E-state index in [9.17, 15) is 0 Å². The number of aromatic nitrogens is 2. The standard InChI is InChI=1S/C14H21N3OS/c1-14(2,3)12(8-15)19-13-16-10-6-5-9(18-4)7-11(10)17-13/h5-7,12H,8,15H2,1-4H3,(H,16,17). The van der Waals surface area contributed by atoms with E-state index in [0.29, 0.717) is 11.8 Å². The van der Waals surface area contributed by atoms with E-state index < -0.39 is 0 Å². The largest absolute Gasteiger partial charge is 0.497 e. The lowest BCUT2D eigenvalue weighted by molar-refractivity contribution is 0.398. The van der Waals surface area contributed by atoms with Crippen molar-refractivity contribution in [2.45, 2.75) is 31.2 Å². The number of H-pyrrole nitrogens is 1. The summed E-state index contributed by atoms with van der Waals surface area (Å²) < 4.78 is 5.21. The van der Waals surface area contributed by atoms with Gasteiger partial charge in [0.25, 0.3) is 0 Å². The number of imidazole rings is 1. The molecule has 19 heavy (non-hydrogen) atoms. The summed E-state index contributed by atoms with van der Waals surface area (Å²) in [6.45, 7) is 7.23. The number of rotatable bonds is 4. The van der Waals surface area contributed by atoms with E-state index >= 15 is 0 Å². The van der Waals surface area contributed by atoms with E-state index in [-0.39, 0.29) is 5.41 Å². The molecule has 0 aliphatic heterocycles. The Hall–Kier alpha value is -1.20. The number of ether oxygens (including phenoxy) is 1. The smallest absolute Gasteiger partial charge is 0.166 e. The Morgan fingerprint density at radius 1 is 1.42 bits per heavy atom. The van der Waals surface area contributed by atoms with E-state index in [2.05, 4.69) is 30.7 Å². The first-order valence-corrected chi connectivity index (χ1v) is 7.22. The lowest BCUT2D eigenvalue weighted by atomic mass is 9.92. The molecule has 5 heteroatoms. The molecule has 0 radical (unpaired) electrons. The van der Waals surface area contributed by atoms with Crippen molar-refractivity contribution in [3.05, 3.63) is 18.2 Å². The third kappa shape index (κ3) is 3.22. The fraction of sp³-hybridized carbons (Fsp3) is 0.500. The summed E-state index contributed by atoms with van der Waals surface area (Å²) >= 11 is 1.70. The van der Waals surface area contributed by atoms with Crippen molar-refractivity contribution in [2.24, 2.45) is 11.1 Å². The molecule has 0 fully saturated rings. The highest BCUT2D eigenvalue weighted by atomic mass is 32.2. The van der Waals surface area contributed by atoms with Crippen LogP contribution in [0.5, 0.6) is 5.75 Å². The van der Waals surface area contributed by atoms with Gasteiger partial charge in [-0.3, -0.25) is 0 Å². The van der Waals surface area contributed by atoms with Gasteiger partial charge < -0.3 is 15.5 Å². The molecular formula is C14H21N3OS. The maximum atomic E-state index is 5.86. The van der Waals surface area contributed by atoms with Crippen LogP contribution in [0.15, 0.2) is 23.4 Å². The van der Waals surface area contributed by atoms with Gasteiger partial charge in [-0.1, -0.05) is 32.5 Å². The lowest BCUT2D eigenvalue weighted by Gasteiger charge is -2.27. The monoisotopic (exact) mass is 279 g/mol. The molecule has 1 unspecified atom stereocenters. The Kier molecular flexibility index (Phi) is 4.06. The summed E-state index contributed by atoms with van der Waals surface area (Å²) in [6, 6.07) is 5.84. The average Bonchev–Trinajstić information content (AvgIpc) is 2.75. The Bertz CT molecular complexity index is 559. The zero-order valence-corrected chi connectivity index (χ0v) is 12.7. The highest BCUT2D eigenvalue weighted by molar-refractivity contribution is 7.99. The number of hydrogen-bond donors (Lipinski definition) is 2. The SMILES string of the molecule is COc1ccc2nc(SC(CN)C(C)(C)C)[nH]c2c1. The summed E-state index contributed by atoms with van der Waals surface area (Å²) in [5.74, 6) is 0.832. The molecule has 0 aliphatic carbocycles. The van der Waals surface area contributed by atoms with Gasteiger partial charge in [-0.25, -0.2) is 4.98 Å². The van der Waals surface area contributed by atoms with E-state index in [4.69, 9.17) is 10.5 Å². The number of fused-ring (bicyclic) bond motifs is 1. The quantitative estimate of drug-likeness (QED) is 0.844. The molecule has 104 valence electrons. The first-order chi connectivity index (χ1) is 8.94. The van der Waals surface area contributed by atoms with Crippen molar-refractivity contribution in [1.29, 1.82) is 0 Å². The zero-order valence-electron chi connectivity index (χ0n) is 11.9. The summed E-state index contributed by atoms with van der Waals surface area (Å²) in [7, 11) is 1.66. The van der Waals surface area contributed by atoms with Crippen molar-refractivity contribution in [1.82, 2.24) is 9.97 Å². The van der Waals surface area contributed by atoms with Gasteiger partial charge in [0.1, 0.15) is 5.75 Å².